The maximum absolute atomic E-state index is 4.34. The molecule has 0 radical (unpaired) electrons. The van der Waals surface area contributed by atoms with Crippen LogP contribution in [0.3, 0.4) is 0 Å². The summed E-state index contributed by atoms with van der Waals surface area (Å²) >= 11 is 3.46. The van der Waals surface area contributed by atoms with Gasteiger partial charge in [0.15, 0.2) is 0 Å². The number of nitrogens with zero attached hydrogens (tertiary/aromatic N) is 2. The molecule has 0 spiro atoms. The second-order valence-electron chi connectivity index (χ2n) is 3.95. The van der Waals surface area contributed by atoms with E-state index in [1.807, 2.05) is 6.20 Å². The summed E-state index contributed by atoms with van der Waals surface area (Å²) in [5.74, 6) is 1.81. The fraction of sp³-hybridized carbons (Fsp3) is 0.250. The van der Waals surface area contributed by atoms with Gasteiger partial charge in [0.2, 0.25) is 0 Å². The highest BCUT2D eigenvalue weighted by molar-refractivity contribution is 9.10. The van der Waals surface area contributed by atoms with Crippen molar-refractivity contribution in [3.63, 3.8) is 0 Å². The second-order valence-corrected chi connectivity index (χ2v) is 4.86. The third kappa shape index (κ3) is 1.61. The van der Waals surface area contributed by atoms with Gasteiger partial charge in [-0.3, -0.25) is 0 Å². The molecule has 1 aromatic heterocycles. The molecule has 15 heavy (non-hydrogen) atoms. The minimum atomic E-state index is 0.599. The number of hydrogen-bond donors (Lipinski definition) is 0. The van der Waals surface area contributed by atoms with Gasteiger partial charge in [0.1, 0.15) is 5.82 Å². The van der Waals surface area contributed by atoms with Gasteiger partial charge in [-0.25, -0.2) is 4.98 Å². The van der Waals surface area contributed by atoms with Crippen LogP contribution in [-0.2, 0) is 13.0 Å². The number of rotatable bonds is 1. The van der Waals surface area contributed by atoms with Gasteiger partial charge in [0, 0.05) is 35.7 Å². The predicted molar refractivity (Wildman–Crippen MR) is 62.8 cm³/mol. The van der Waals surface area contributed by atoms with Crippen molar-refractivity contribution in [1.29, 1.82) is 0 Å². The molecule has 2 heterocycles. The summed E-state index contributed by atoms with van der Waals surface area (Å²) in [5.41, 5.74) is 1.41. The number of fused-ring (bicyclic) bond motifs is 1. The summed E-state index contributed by atoms with van der Waals surface area (Å²) in [6, 6.07) is 8.61. The van der Waals surface area contributed by atoms with Gasteiger partial charge in [0.25, 0.3) is 0 Å². The third-order valence-electron chi connectivity index (χ3n) is 2.99. The first-order valence-corrected chi connectivity index (χ1v) is 5.88. The normalized spacial score (nSPS) is 19.1. The van der Waals surface area contributed by atoms with Crippen LogP contribution >= 0.6 is 15.9 Å². The van der Waals surface area contributed by atoms with E-state index >= 15 is 0 Å². The minimum Gasteiger partial charge on any atom is -0.334 e. The minimum absolute atomic E-state index is 0.599. The fourth-order valence-corrected chi connectivity index (χ4v) is 2.44. The number of aromatic nitrogens is 2. The van der Waals surface area contributed by atoms with Crippen LogP contribution in [-0.4, -0.2) is 9.55 Å². The van der Waals surface area contributed by atoms with Crippen LogP contribution in [0.5, 0.6) is 0 Å². The molecular weight excluding hydrogens is 252 g/mol. The Morgan fingerprint density at radius 3 is 2.80 bits per heavy atom. The average molecular weight is 263 g/mol. The van der Waals surface area contributed by atoms with E-state index in [-0.39, 0.29) is 0 Å². The van der Waals surface area contributed by atoms with Crippen LogP contribution in [0.2, 0.25) is 0 Å². The van der Waals surface area contributed by atoms with Crippen molar-refractivity contribution >= 4 is 15.9 Å². The number of benzene rings is 1. The zero-order chi connectivity index (χ0) is 10.3. The number of imidazole rings is 1. The summed E-state index contributed by atoms with van der Waals surface area (Å²) in [6.45, 7) is 1.07. The molecule has 1 aliphatic heterocycles. The summed E-state index contributed by atoms with van der Waals surface area (Å²) < 4.78 is 3.38. The molecule has 1 atom stereocenters. The highest BCUT2D eigenvalue weighted by Gasteiger charge is 2.22. The topological polar surface area (TPSA) is 17.8 Å². The molecule has 0 saturated carbocycles. The maximum atomic E-state index is 4.34. The molecule has 2 nitrogen and oxygen atoms in total. The first-order valence-electron chi connectivity index (χ1n) is 5.08. The third-order valence-corrected chi connectivity index (χ3v) is 3.52. The van der Waals surface area contributed by atoms with Crippen LogP contribution < -0.4 is 0 Å². The van der Waals surface area contributed by atoms with Crippen LogP contribution in [0.4, 0.5) is 0 Å². The van der Waals surface area contributed by atoms with E-state index in [2.05, 4.69) is 55.9 Å². The van der Waals surface area contributed by atoms with Crippen molar-refractivity contribution in [2.24, 2.45) is 0 Å². The molecule has 0 saturated heterocycles. The van der Waals surface area contributed by atoms with E-state index in [0.717, 1.165) is 17.4 Å². The Balaban J connectivity index is 1.87. The van der Waals surface area contributed by atoms with Crippen molar-refractivity contribution in [3.8, 4) is 0 Å². The van der Waals surface area contributed by atoms with Crippen molar-refractivity contribution in [2.45, 2.75) is 18.9 Å². The molecular formula is C12H11BrN2. The number of hydrogen-bond acceptors (Lipinski definition) is 1. The van der Waals surface area contributed by atoms with E-state index in [1.165, 1.54) is 11.4 Å². The molecule has 0 aliphatic carbocycles. The molecule has 3 heteroatoms. The lowest BCUT2D eigenvalue weighted by atomic mass is 9.98. The van der Waals surface area contributed by atoms with Crippen LogP contribution in [0.1, 0.15) is 17.3 Å². The van der Waals surface area contributed by atoms with Gasteiger partial charge in [0.05, 0.1) is 0 Å². The van der Waals surface area contributed by atoms with E-state index in [4.69, 9.17) is 0 Å². The van der Waals surface area contributed by atoms with Gasteiger partial charge in [-0.1, -0.05) is 28.1 Å². The van der Waals surface area contributed by atoms with Gasteiger partial charge in [-0.15, -0.1) is 0 Å². The largest absolute Gasteiger partial charge is 0.334 e. The molecule has 3 rings (SSSR count). The van der Waals surface area contributed by atoms with Gasteiger partial charge >= 0.3 is 0 Å². The fourth-order valence-electron chi connectivity index (χ4n) is 2.18. The lowest BCUT2D eigenvalue weighted by Crippen LogP contribution is -1.99. The van der Waals surface area contributed by atoms with Gasteiger partial charge in [-0.05, 0) is 17.7 Å². The summed E-state index contributed by atoms with van der Waals surface area (Å²) in [7, 11) is 0. The molecule has 0 fully saturated rings. The summed E-state index contributed by atoms with van der Waals surface area (Å²) in [6.07, 6.45) is 5.01. The van der Waals surface area contributed by atoms with E-state index < -0.39 is 0 Å². The Labute approximate surface area is 97.1 Å². The smallest absolute Gasteiger partial charge is 0.109 e. The Morgan fingerprint density at radius 2 is 2.07 bits per heavy atom. The standard InChI is InChI=1S/C12H11BrN2/c13-11-3-1-9(2-4-11)10-7-12-14-5-6-15(12)8-10/h1-6,10H,7-8H2. The Hall–Kier alpha value is -1.09. The summed E-state index contributed by atoms with van der Waals surface area (Å²) in [5, 5.41) is 0. The molecule has 1 aliphatic rings. The van der Waals surface area contributed by atoms with E-state index in [9.17, 15) is 0 Å². The summed E-state index contributed by atoms with van der Waals surface area (Å²) in [4.78, 5) is 4.34. The first-order chi connectivity index (χ1) is 7.33. The van der Waals surface area contributed by atoms with Crippen molar-refractivity contribution in [1.82, 2.24) is 9.55 Å². The molecule has 76 valence electrons. The molecule has 0 N–H and O–H groups in total. The zero-order valence-electron chi connectivity index (χ0n) is 8.23. The quantitative estimate of drug-likeness (QED) is 0.773. The van der Waals surface area contributed by atoms with Gasteiger partial charge in [-0.2, -0.15) is 0 Å². The SMILES string of the molecule is Brc1ccc(C2Cc3nccn3C2)cc1. The lowest BCUT2D eigenvalue weighted by Gasteiger charge is -2.08. The Morgan fingerprint density at radius 1 is 1.27 bits per heavy atom. The first kappa shape index (κ1) is 9.16. The Bertz CT molecular complexity index is 452. The van der Waals surface area contributed by atoms with Gasteiger partial charge < -0.3 is 4.57 Å². The van der Waals surface area contributed by atoms with E-state index in [0.29, 0.717) is 5.92 Å². The second kappa shape index (κ2) is 3.49. The Kier molecular flexibility index (Phi) is 2.13. The number of halogens is 1. The van der Waals surface area contributed by atoms with Crippen LogP contribution in [0.15, 0.2) is 41.1 Å². The lowest BCUT2D eigenvalue weighted by molar-refractivity contribution is 0.652. The van der Waals surface area contributed by atoms with Crippen LogP contribution in [0.25, 0.3) is 0 Å². The zero-order valence-corrected chi connectivity index (χ0v) is 9.81. The molecule has 0 amide bonds. The molecule has 1 aromatic carbocycles. The molecule has 0 bridgehead atoms. The van der Waals surface area contributed by atoms with Crippen molar-refractivity contribution < 1.29 is 0 Å². The predicted octanol–water partition coefficient (Wildman–Crippen LogP) is 2.99. The molecule has 2 aromatic rings. The van der Waals surface area contributed by atoms with E-state index in [1.54, 1.807) is 0 Å². The van der Waals surface area contributed by atoms with Crippen molar-refractivity contribution in [2.75, 3.05) is 0 Å². The highest BCUT2D eigenvalue weighted by atomic mass is 79.9. The average Bonchev–Trinajstić information content (AvgIpc) is 2.78. The maximum Gasteiger partial charge on any atom is 0.109 e. The molecule has 1 unspecified atom stereocenters. The van der Waals surface area contributed by atoms with Crippen molar-refractivity contribution in [3.05, 3.63) is 52.5 Å². The van der Waals surface area contributed by atoms with Crippen LogP contribution in [0, 0.1) is 0 Å². The highest BCUT2D eigenvalue weighted by Crippen LogP contribution is 2.29. The monoisotopic (exact) mass is 262 g/mol.